The van der Waals surface area contributed by atoms with Crippen molar-refractivity contribution in [2.24, 2.45) is 11.8 Å². The minimum atomic E-state index is -1.59. The first kappa shape index (κ1) is 29.6. The number of imide groups is 1. The number of Topliss-reactive ketones (excluding diaryl/α,β-unsaturated/α-hetero) is 1. The largest absolute Gasteiger partial charge is 0.495 e. The number of hydrogen-bond donors (Lipinski definition) is 0. The maximum Gasteiger partial charge on any atom is 0.239 e. The lowest BCUT2D eigenvalue weighted by Gasteiger charge is -2.39. The number of ether oxygens (including phenoxy) is 5. The Bertz CT molecular complexity index is 2210. The van der Waals surface area contributed by atoms with Crippen LogP contribution < -0.4 is 28.6 Å². The van der Waals surface area contributed by atoms with Gasteiger partial charge in [0.2, 0.25) is 25.4 Å². The average molecular weight is 676 g/mol. The Morgan fingerprint density at radius 2 is 1.02 bits per heavy atom. The number of anilines is 1. The predicted octanol–water partition coefficient (Wildman–Crippen LogP) is 6.34. The molecule has 250 valence electrons. The number of para-hydroxylation sites is 2. The van der Waals surface area contributed by atoms with Crippen LogP contribution in [0, 0.1) is 11.8 Å². The Hall–Kier alpha value is -6.35. The van der Waals surface area contributed by atoms with E-state index in [0.717, 1.165) is 0 Å². The van der Waals surface area contributed by atoms with Crippen molar-refractivity contribution >= 4 is 34.4 Å². The summed E-state index contributed by atoms with van der Waals surface area (Å²) in [5.74, 6) is -0.762. The molecule has 3 heterocycles. The fourth-order valence-corrected chi connectivity index (χ4v) is 9.28. The molecule has 2 aliphatic carbocycles. The summed E-state index contributed by atoms with van der Waals surface area (Å²) in [5, 5.41) is 0. The number of allylic oxidation sites excluding steroid dienone is 2. The smallest absolute Gasteiger partial charge is 0.239 e. The van der Waals surface area contributed by atoms with Crippen LogP contribution >= 0.6 is 0 Å². The van der Waals surface area contributed by atoms with Gasteiger partial charge in [-0.05, 0) is 69.8 Å². The number of methoxy groups -OCH3 is 1. The first-order chi connectivity index (χ1) is 25.0. The van der Waals surface area contributed by atoms with E-state index in [4.69, 9.17) is 23.7 Å². The van der Waals surface area contributed by atoms with E-state index in [2.05, 4.69) is 0 Å². The van der Waals surface area contributed by atoms with E-state index in [1.165, 1.54) is 12.0 Å². The molecule has 3 aliphatic heterocycles. The van der Waals surface area contributed by atoms with Crippen LogP contribution in [-0.4, -0.2) is 38.3 Å². The third kappa shape index (κ3) is 3.62. The van der Waals surface area contributed by atoms with Gasteiger partial charge in [0.25, 0.3) is 0 Å². The summed E-state index contributed by atoms with van der Waals surface area (Å²) in [6, 6.07) is 36.9. The van der Waals surface area contributed by atoms with Gasteiger partial charge in [0, 0.05) is 0 Å². The lowest BCUT2D eigenvalue weighted by Crippen LogP contribution is -2.45. The maximum atomic E-state index is 16.2. The van der Waals surface area contributed by atoms with Gasteiger partial charge in [0.15, 0.2) is 28.8 Å². The quantitative estimate of drug-likeness (QED) is 0.192. The number of ketones is 1. The molecule has 0 spiro atoms. The number of carbonyl (C=O) groups excluding carboxylic acids is 3. The second-order valence-corrected chi connectivity index (χ2v) is 13.2. The van der Waals surface area contributed by atoms with Crippen molar-refractivity contribution in [3.8, 4) is 28.7 Å². The average Bonchev–Trinajstić information content (AvgIpc) is 3.98. The van der Waals surface area contributed by atoms with Crippen LogP contribution in [0.1, 0.15) is 22.3 Å². The van der Waals surface area contributed by atoms with Crippen molar-refractivity contribution in [2.45, 2.75) is 10.8 Å². The number of fused-ring (bicyclic) bond motifs is 7. The molecular weight excluding hydrogens is 646 g/mol. The summed E-state index contributed by atoms with van der Waals surface area (Å²) in [7, 11) is 1.51. The standard InChI is InChI=1S/C42H29NO8/c1-47-29-15-9-8-14-28(29)43-38(44)36-37(39(43)45)42(27-12-6-3-7-13-27)35(25-17-19-31-33(21-25)51-23-49-31)34(24-16-18-30-32(20-24)50-22-48-30)41(36,40(42)46)26-10-4-2-5-11-26/h2-21,36-37H,22-23H2,1H3/t36-,37+,41-,42-/m0/s1. The van der Waals surface area contributed by atoms with Crippen molar-refractivity contribution in [3.05, 3.63) is 144 Å². The summed E-state index contributed by atoms with van der Waals surface area (Å²) < 4.78 is 28.8. The summed E-state index contributed by atoms with van der Waals surface area (Å²) in [6.45, 7) is 0.129. The third-order valence-electron chi connectivity index (χ3n) is 11.1. The molecule has 0 aromatic heterocycles. The monoisotopic (exact) mass is 675 g/mol. The first-order valence-corrected chi connectivity index (χ1v) is 16.7. The Morgan fingerprint density at radius 1 is 0.569 bits per heavy atom. The molecule has 4 atom stereocenters. The lowest BCUT2D eigenvalue weighted by atomic mass is 9.59. The summed E-state index contributed by atoms with van der Waals surface area (Å²) in [5.41, 5.74) is 0.996. The summed E-state index contributed by atoms with van der Waals surface area (Å²) in [6.07, 6.45) is 0. The normalized spacial score (nSPS) is 25.2. The first-order valence-electron chi connectivity index (χ1n) is 16.7. The van der Waals surface area contributed by atoms with Gasteiger partial charge in [-0.15, -0.1) is 0 Å². The molecular formula is C42H29NO8. The van der Waals surface area contributed by atoms with Crippen molar-refractivity contribution in [1.29, 1.82) is 0 Å². The van der Waals surface area contributed by atoms with Crippen LogP contribution in [0.3, 0.4) is 0 Å². The zero-order chi connectivity index (χ0) is 34.5. The highest BCUT2D eigenvalue weighted by atomic mass is 16.7. The molecule has 10 rings (SSSR count). The molecule has 5 aromatic carbocycles. The molecule has 2 fully saturated rings. The molecule has 9 heteroatoms. The molecule has 9 nitrogen and oxygen atoms in total. The Labute approximate surface area is 292 Å². The van der Waals surface area contributed by atoms with Crippen LogP contribution in [-0.2, 0) is 25.2 Å². The lowest BCUT2D eigenvalue weighted by molar-refractivity contribution is -0.130. The second-order valence-electron chi connectivity index (χ2n) is 13.2. The molecule has 5 aromatic rings. The topological polar surface area (TPSA) is 101 Å². The van der Waals surface area contributed by atoms with E-state index >= 15 is 14.4 Å². The number of hydrogen-bond acceptors (Lipinski definition) is 8. The molecule has 5 aliphatic rings. The number of nitrogens with zero attached hydrogens (tertiary/aromatic N) is 1. The van der Waals surface area contributed by atoms with Gasteiger partial charge < -0.3 is 23.7 Å². The number of carbonyl (C=O) groups is 3. The van der Waals surface area contributed by atoms with Crippen LogP contribution in [0.5, 0.6) is 28.7 Å². The Balaban J connectivity index is 1.37. The maximum absolute atomic E-state index is 16.2. The van der Waals surface area contributed by atoms with Crippen molar-refractivity contribution in [3.63, 3.8) is 0 Å². The zero-order valence-electron chi connectivity index (χ0n) is 27.3. The molecule has 0 unspecified atom stereocenters. The predicted molar refractivity (Wildman–Crippen MR) is 186 cm³/mol. The van der Waals surface area contributed by atoms with Gasteiger partial charge in [-0.1, -0.05) is 84.9 Å². The highest BCUT2D eigenvalue weighted by Crippen LogP contribution is 2.75. The number of amides is 2. The van der Waals surface area contributed by atoms with Crippen LogP contribution in [0.4, 0.5) is 5.69 Å². The molecule has 1 saturated heterocycles. The SMILES string of the molecule is COc1ccccc1N1C(=O)[C@@H]2[C@H](C1=O)[C@@]1(c3ccccc3)C(=O)[C@@]2(c2ccccc2)C(c2ccc3c(c2)OCO3)=C1c1ccc2c(c1)OCO2. The minimum absolute atomic E-state index is 0.0646. The van der Waals surface area contributed by atoms with Gasteiger partial charge in [0.1, 0.15) is 5.75 Å². The highest BCUT2D eigenvalue weighted by molar-refractivity contribution is 6.39. The molecule has 2 amide bonds. The molecule has 0 N–H and O–H groups in total. The van der Waals surface area contributed by atoms with Crippen molar-refractivity contribution in [1.82, 2.24) is 0 Å². The fourth-order valence-electron chi connectivity index (χ4n) is 9.28. The van der Waals surface area contributed by atoms with Gasteiger partial charge in [0.05, 0.1) is 35.5 Å². The highest BCUT2D eigenvalue weighted by Gasteiger charge is 2.83. The molecule has 1 saturated carbocycles. The van der Waals surface area contributed by atoms with Crippen molar-refractivity contribution < 1.29 is 38.1 Å². The summed E-state index contributed by atoms with van der Waals surface area (Å²) in [4.78, 5) is 48.1. The second kappa shape index (κ2) is 10.6. The minimum Gasteiger partial charge on any atom is -0.495 e. The summed E-state index contributed by atoms with van der Waals surface area (Å²) >= 11 is 0. The van der Waals surface area contributed by atoms with E-state index in [1.807, 2.05) is 97.1 Å². The van der Waals surface area contributed by atoms with E-state index in [0.29, 0.717) is 67.8 Å². The van der Waals surface area contributed by atoms with Gasteiger partial charge in [-0.2, -0.15) is 0 Å². The van der Waals surface area contributed by atoms with Crippen LogP contribution in [0.2, 0.25) is 0 Å². The van der Waals surface area contributed by atoms with Gasteiger partial charge >= 0.3 is 0 Å². The zero-order valence-corrected chi connectivity index (χ0v) is 27.3. The number of benzene rings is 5. The fraction of sp³-hybridized carbons (Fsp3) is 0.167. The van der Waals surface area contributed by atoms with Crippen LogP contribution in [0.25, 0.3) is 11.1 Å². The van der Waals surface area contributed by atoms with E-state index in [-0.39, 0.29) is 19.4 Å². The van der Waals surface area contributed by atoms with Crippen molar-refractivity contribution in [2.75, 3.05) is 25.6 Å². The Kier molecular flexibility index (Phi) is 6.13. The molecule has 51 heavy (non-hydrogen) atoms. The van der Waals surface area contributed by atoms with E-state index < -0.39 is 34.5 Å². The van der Waals surface area contributed by atoms with Gasteiger partial charge in [-0.25, -0.2) is 4.90 Å². The molecule has 2 bridgehead atoms. The van der Waals surface area contributed by atoms with E-state index in [1.54, 1.807) is 24.3 Å². The Morgan fingerprint density at radius 3 is 1.51 bits per heavy atom. The van der Waals surface area contributed by atoms with Crippen LogP contribution in [0.15, 0.2) is 121 Å². The van der Waals surface area contributed by atoms with E-state index in [9.17, 15) is 0 Å². The molecule has 0 radical (unpaired) electrons. The third-order valence-corrected chi connectivity index (χ3v) is 11.1. The van der Waals surface area contributed by atoms with Gasteiger partial charge in [-0.3, -0.25) is 14.4 Å². The number of rotatable bonds is 6.